The van der Waals surface area contributed by atoms with Gasteiger partial charge in [-0.1, -0.05) is 12.1 Å². The van der Waals surface area contributed by atoms with Gasteiger partial charge in [0.25, 0.3) is 5.69 Å². The van der Waals surface area contributed by atoms with Gasteiger partial charge in [-0.3, -0.25) is 10.1 Å². The first-order valence-electron chi connectivity index (χ1n) is 5.05. The standard InChI is InChI=1S/C12H8N2O3S/c15-14(16)12-7-3-10(4-8-12)9-1-5-11(6-2-9)13-18-17/h1-8H. The summed E-state index contributed by atoms with van der Waals surface area (Å²) < 4.78 is 13.9. The van der Waals surface area contributed by atoms with E-state index in [4.69, 9.17) is 0 Å². The van der Waals surface area contributed by atoms with Gasteiger partial charge in [0, 0.05) is 12.1 Å². The highest BCUT2D eigenvalue weighted by Crippen LogP contribution is 2.24. The Labute approximate surface area is 106 Å². The Hall–Kier alpha value is -2.34. The number of hydrogen-bond acceptors (Lipinski definition) is 4. The number of non-ortho nitro benzene ring substituents is 1. The van der Waals surface area contributed by atoms with Gasteiger partial charge >= 0.3 is 0 Å². The first-order valence-corrected chi connectivity index (χ1v) is 5.75. The Morgan fingerprint density at radius 3 is 1.89 bits per heavy atom. The van der Waals surface area contributed by atoms with Crippen LogP contribution >= 0.6 is 0 Å². The van der Waals surface area contributed by atoms with Crippen LogP contribution in [0.25, 0.3) is 11.1 Å². The zero-order valence-electron chi connectivity index (χ0n) is 9.15. The van der Waals surface area contributed by atoms with Crippen molar-refractivity contribution in [2.45, 2.75) is 0 Å². The third-order valence-electron chi connectivity index (χ3n) is 2.42. The first kappa shape index (κ1) is 12.1. The molecule has 0 amide bonds. The smallest absolute Gasteiger partial charge is 0.258 e. The molecule has 0 saturated carbocycles. The molecule has 6 heteroatoms. The lowest BCUT2D eigenvalue weighted by Gasteiger charge is -2.01. The highest BCUT2D eigenvalue weighted by molar-refractivity contribution is 7.54. The van der Waals surface area contributed by atoms with E-state index in [1.54, 1.807) is 24.3 Å². The zero-order chi connectivity index (χ0) is 13.0. The third-order valence-corrected chi connectivity index (χ3v) is 2.71. The average molecular weight is 260 g/mol. The van der Waals surface area contributed by atoms with E-state index in [0.29, 0.717) is 5.69 Å². The van der Waals surface area contributed by atoms with Gasteiger partial charge in [-0.05, 0) is 35.4 Å². The van der Waals surface area contributed by atoms with Crippen LogP contribution in [0, 0.1) is 10.1 Å². The minimum atomic E-state index is -0.433. The van der Waals surface area contributed by atoms with Crippen LogP contribution in [-0.2, 0) is 11.5 Å². The van der Waals surface area contributed by atoms with E-state index in [1.807, 2.05) is 12.1 Å². The highest BCUT2D eigenvalue weighted by Gasteiger charge is 2.04. The van der Waals surface area contributed by atoms with Gasteiger partial charge in [0.1, 0.15) is 0 Å². The van der Waals surface area contributed by atoms with Crippen LogP contribution in [0.5, 0.6) is 0 Å². The van der Waals surface area contributed by atoms with Gasteiger partial charge in [-0.25, -0.2) is 0 Å². The van der Waals surface area contributed by atoms with Crippen molar-refractivity contribution in [2.24, 2.45) is 4.36 Å². The van der Waals surface area contributed by atoms with Gasteiger partial charge in [0.05, 0.1) is 10.6 Å². The number of rotatable bonds is 3. The Bertz CT molecular complexity index is 573. The summed E-state index contributed by atoms with van der Waals surface area (Å²) in [6.07, 6.45) is 0. The molecule has 0 N–H and O–H groups in total. The molecule has 0 fully saturated rings. The van der Waals surface area contributed by atoms with Crippen LogP contribution in [0.4, 0.5) is 11.4 Å². The summed E-state index contributed by atoms with van der Waals surface area (Å²) in [5, 5.41) is 10.5. The Kier molecular flexibility index (Phi) is 3.59. The van der Waals surface area contributed by atoms with Crippen molar-refractivity contribution in [3.63, 3.8) is 0 Å². The molecule has 2 aromatic carbocycles. The summed E-state index contributed by atoms with van der Waals surface area (Å²) in [5.74, 6) is 0. The van der Waals surface area contributed by atoms with Crippen LogP contribution in [0.15, 0.2) is 52.9 Å². The quantitative estimate of drug-likeness (QED) is 0.627. The minimum absolute atomic E-state index is 0.0631. The van der Waals surface area contributed by atoms with E-state index in [0.717, 1.165) is 11.1 Å². The average Bonchev–Trinajstić information content (AvgIpc) is 2.40. The SMILES string of the molecule is O=S=Nc1ccc(-c2ccc([N+](=O)[O-])cc2)cc1. The van der Waals surface area contributed by atoms with E-state index < -0.39 is 4.92 Å². The lowest BCUT2D eigenvalue weighted by Crippen LogP contribution is -1.86. The number of nitro benzene ring substituents is 1. The lowest BCUT2D eigenvalue weighted by atomic mass is 10.1. The Morgan fingerprint density at radius 2 is 1.44 bits per heavy atom. The fourth-order valence-corrected chi connectivity index (χ4v) is 1.74. The van der Waals surface area contributed by atoms with Crippen LogP contribution in [-0.4, -0.2) is 9.13 Å². The molecular weight excluding hydrogens is 252 g/mol. The second kappa shape index (κ2) is 5.33. The van der Waals surface area contributed by atoms with Gasteiger partial charge < -0.3 is 0 Å². The molecule has 0 aliphatic rings. The predicted octanol–water partition coefficient (Wildman–Crippen LogP) is 3.29. The molecule has 0 radical (unpaired) electrons. The maximum Gasteiger partial charge on any atom is 0.269 e. The van der Waals surface area contributed by atoms with Crippen molar-refractivity contribution in [2.75, 3.05) is 0 Å². The van der Waals surface area contributed by atoms with E-state index in [1.165, 1.54) is 12.1 Å². The summed E-state index contributed by atoms with van der Waals surface area (Å²) in [7, 11) is 0. The minimum Gasteiger partial charge on any atom is -0.258 e. The van der Waals surface area contributed by atoms with Gasteiger partial charge in [-0.15, -0.1) is 0 Å². The monoisotopic (exact) mass is 260 g/mol. The second-order valence-electron chi connectivity index (χ2n) is 3.52. The van der Waals surface area contributed by atoms with Crippen molar-refractivity contribution in [1.29, 1.82) is 0 Å². The van der Waals surface area contributed by atoms with Gasteiger partial charge in [0.2, 0.25) is 11.5 Å². The van der Waals surface area contributed by atoms with Crippen molar-refractivity contribution >= 4 is 22.8 Å². The summed E-state index contributed by atoms with van der Waals surface area (Å²) >= 11 is 0.162. The third kappa shape index (κ3) is 2.67. The zero-order valence-corrected chi connectivity index (χ0v) is 9.96. The molecule has 0 bridgehead atoms. The summed E-state index contributed by atoms with van der Waals surface area (Å²) in [4.78, 5) is 10.1. The van der Waals surface area contributed by atoms with Gasteiger partial charge in [-0.2, -0.15) is 8.57 Å². The summed E-state index contributed by atoms with van der Waals surface area (Å²) in [6.45, 7) is 0. The van der Waals surface area contributed by atoms with Crippen molar-refractivity contribution in [3.05, 3.63) is 58.6 Å². The molecule has 0 atom stereocenters. The molecule has 0 spiro atoms. The number of hydrogen-bond donors (Lipinski definition) is 0. The fraction of sp³-hybridized carbons (Fsp3) is 0. The van der Waals surface area contributed by atoms with E-state index in [-0.39, 0.29) is 17.2 Å². The maximum absolute atomic E-state index is 10.5. The topological polar surface area (TPSA) is 72.6 Å². The number of nitro groups is 1. The molecule has 0 aliphatic heterocycles. The summed E-state index contributed by atoms with van der Waals surface area (Å²) in [5.41, 5.74) is 2.45. The molecule has 18 heavy (non-hydrogen) atoms. The first-order chi connectivity index (χ1) is 8.70. The molecule has 0 unspecified atom stereocenters. The van der Waals surface area contributed by atoms with Crippen LogP contribution < -0.4 is 0 Å². The largest absolute Gasteiger partial charge is 0.269 e. The second-order valence-corrected chi connectivity index (χ2v) is 3.85. The van der Waals surface area contributed by atoms with Crippen molar-refractivity contribution < 1.29 is 9.13 Å². The molecule has 2 rings (SSSR count). The van der Waals surface area contributed by atoms with Crippen molar-refractivity contribution in [1.82, 2.24) is 0 Å². The van der Waals surface area contributed by atoms with Crippen molar-refractivity contribution in [3.8, 4) is 11.1 Å². The highest BCUT2D eigenvalue weighted by atomic mass is 32.1. The predicted molar refractivity (Wildman–Crippen MR) is 68.8 cm³/mol. The van der Waals surface area contributed by atoms with Crippen LogP contribution in [0.3, 0.4) is 0 Å². The van der Waals surface area contributed by atoms with Crippen LogP contribution in [0.1, 0.15) is 0 Å². The number of nitrogens with zero attached hydrogens (tertiary/aromatic N) is 2. The molecule has 2 aromatic rings. The molecule has 5 nitrogen and oxygen atoms in total. The molecule has 0 aliphatic carbocycles. The van der Waals surface area contributed by atoms with E-state index in [2.05, 4.69) is 4.36 Å². The maximum atomic E-state index is 10.5. The molecular formula is C12H8N2O3S. The summed E-state index contributed by atoms with van der Waals surface area (Å²) in [6, 6.07) is 13.4. The normalized spacial score (nSPS) is 9.78. The lowest BCUT2D eigenvalue weighted by molar-refractivity contribution is -0.384. The molecule has 0 aromatic heterocycles. The van der Waals surface area contributed by atoms with Crippen LogP contribution in [0.2, 0.25) is 0 Å². The Morgan fingerprint density at radius 1 is 0.944 bits per heavy atom. The van der Waals surface area contributed by atoms with E-state index in [9.17, 15) is 14.3 Å². The molecule has 90 valence electrons. The molecule has 0 saturated heterocycles. The van der Waals surface area contributed by atoms with E-state index >= 15 is 0 Å². The Balaban J connectivity index is 2.31. The molecule has 0 heterocycles. The number of benzene rings is 2. The fourth-order valence-electron chi connectivity index (χ4n) is 1.53. The van der Waals surface area contributed by atoms with Gasteiger partial charge in [0.15, 0.2) is 0 Å².